The van der Waals surface area contributed by atoms with Crippen molar-refractivity contribution in [3.8, 4) is 0 Å². The first kappa shape index (κ1) is 11.9. The Morgan fingerprint density at radius 1 is 1.21 bits per heavy atom. The molecule has 0 saturated heterocycles. The maximum atomic E-state index is 4.36. The number of hydrogen-bond donors (Lipinski definition) is 1. The van der Waals surface area contributed by atoms with Gasteiger partial charge >= 0.3 is 0 Å². The Morgan fingerprint density at radius 3 is 2.42 bits per heavy atom. The molecule has 4 saturated carbocycles. The van der Waals surface area contributed by atoms with Crippen LogP contribution in [0.5, 0.6) is 0 Å². The second-order valence-corrected chi connectivity index (χ2v) is 7.04. The molecular weight excluding hydrogens is 236 g/mol. The molecule has 0 spiro atoms. The molecule has 1 heterocycles. The van der Waals surface area contributed by atoms with Gasteiger partial charge in [0.15, 0.2) is 0 Å². The van der Waals surface area contributed by atoms with E-state index in [2.05, 4.69) is 27.0 Å². The average Bonchev–Trinajstić information content (AvgIpc) is 2.83. The van der Waals surface area contributed by atoms with Crippen molar-refractivity contribution in [2.45, 2.75) is 57.5 Å². The molecule has 5 rings (SSSR count). The van der Waals surface area contributed by atoms with Gasteiger partial charge in [-0.1, -0.05) is 6.92 Å². The van der Waals surface area contributed by atoms with Crippen LogP contribution in [0.2, 0.25) is 0 Å². The third-order valence-corrected chi connectivity index (χ3v) is 5.67. The molecule has 0 aliphatic heterocycles. The van der Waals surface area contributed by atoms with E-state index in [0.717, 1.165) is 36.7 Å². The SMILES string of the molecule is CCNCc1nncn1C12CC3CC(CC(C3)C1)C2. The smallest absolute Gasteiger partial charge is 0.147 e. The van der Waals surface area contributed by atoms with Gasteiger partial charge in [0.1, 0.15) is 12.2 Å². The van der Waals surface area contributed by atoms with E-state index in [4.69, 9.17) is 0 Å². The topological polar surface area (TPSA) is 42.7 Å². The molecule has 4 aliphatic rings. The summed E-state index contributed by atoms with van der Waals surface area (Å²) >= 11 is 0. The van der Waals surface area contributed by atoms with E-state index >= 15 is 0 Å². The number of aromatic nitrogens is 3. The fraction of sp³-hybridized carbons (Fsp3) is 0.867. The molecule has 4 bridgehead atoms. The molecule has 0 radical (unpaired) electrons. The molecule has 0 amide bonds. The highest BCUT2D eigenvalue weighted by molar-refractivity contribution is 5.08. The summed E-state index contributed by atoms with van der Waals surface area (Å²) in [5.41, 5.74) is 0.364. The van der Waals surface area contributed by atoms with Gasteiger partial charge in [0, 0.05) is 5.54 Å². The van der Waals surface area contributed by atoms with E-state index in [0.29, 0.717) is 5.54 Å². The monoisotopic (exact) mass is 260 g/mol. The summed E-state index contributed by atoms with van der Waals surface area (Å²) in [6.07, 6.45) is 10.6. The van der Waals surface area contributed by atoms with Crippen LogP contribution in [0.4, 0.5) is 0 Å². The molecule has 1 aromatic rings. The number of nitrogens with one attached hydrogen (secondary N) is 1. The maximum absolute atomic E-state index is 4.36. The molecule has 1 N–H and O–H groups in total. The summed E-state index contributed by atoms with van der Waals surface area (Å²) in [4.78, 5) is 0. The van der Waals surface area contributed by atoms with Gasteiger partial charge in [-0.25, -0.2) is 0 Å². The Balaban J connectivity index is 1.66. The lowest BCUT2D eigenvalue weighted by Gasteiger charge is -2.57. The first-order valence-electron chi connectivity index (χ1n) is 7.89. The van der Waals surface area contributed by atoms with Crippen molar-refractivity contribution >= 4 is 0 Å². The minimum Gasteiger partial charge on any atom is -0.310 e. The molecule has 4 aliphatic carbocycles. The average molecular weight is 260 g/mol. The Labute approximate surface area is 115 Å². The lowest BCUT2D eigenvalue weighted by atomic mass is 9.53. The Bertz CT molecular complexity index is 429. The second kappa shape index (κ2) is 4.30. The molecule has 4 heteroatoms. The van der Waals surface area contributed by atoms with Gasteiger partial charge in [0.05, 0.1) is 6.54 Å². The largest absolute Gasteiger partial charge is 0.310 e. The van der Waals surface area contributed by atoms with Crippen molar-refractivity contribution in [1.29, 1.82) is 0 Å². The first-order valence-corrected chi connectivity index (χ1v) is 7.89. The third kappa shape index (κ3) is 1.83. The molecule has 0 aromatic carbocycles. The van der Waals surface area contributed by atoms with Crippen LogP contribution in [-0.2, 0) is 12.1 Å². The van der Waals surface area contributed by atoms with Crippen LogP contribution < -0.4 is 5.32 Å². The van der Waals surface area contributed by atoms with Gasteiger partial charge in [0.2, 0.25) is 0 Å². The van der Waals surface area contributed by atoms with Crippen molar-refractivity contribution in [1.82, 2.24) is 20.1 Å². The van der Waals surface area contributed by atoms with Crippen LogP contribution in [0.3, 0.4) is 0 Å². The van der Waals surface area contributed by atoms with Gasteiger partial charge < -0.3 is 9.88 Å². The van der Waals surface area contributed by atoms with Crippen LogP contribution in [0.15, 0.2) is 6.33 Å². The normalized spacial score (nSPS) is 39.9. The second-order valence-electron chi connectivity index (χ2n) is 7.04. The van der Waals surface area contributed by atoms with E-state index < -0.39 is 0 Å². The molecule has 104 valence electrons. The predicted molar refractivity (Wildman–Crippen MR) is 73.5 cm³/mol. The van der Waals surface area contributed by atoms with Crippen molar-refractivity contribution < 1.29 is 0 Å². The summed E-state index contributed by atoms with van der Waals surface area (Å²) < 4.78 is 2.44. The highest BCUT2D eigenvalue weighted by Crippen LogP contribution is 2.58. The van der Waals surface area contributed by atoms with Gasteiger partial charge in [-0.15, -0.1) is 10.2 Å². The standard InChI is InChI=1S/C15H24N4/c1-2-16-9-14-18-17-10-19(14)15-6-11-3-12(7-15)5-13(4-11)8-15/h10-13,16H,2-9H2,1H3. The molecule has 0 unspecified atom stereocenters. The quantitative estimate of drug-likeness (QED) is 0.903. The minimum absolute atomic E-state index is 0.364. The van der Waals surface area contributed by atoms with Gasteiger partial charge in [-0.05, 0) is 62.8 Å². The fourth-order valence-electron chi connectivity index (χ4n) is 5.37. The summed E-state index contributed by atoms with van der Waals surface area (Å²) in [5.74, 6) is 4.06. The van der Waals surface area contributed by atoms with E-state index in [1.807, 2.05) is 6.33 Å². The Hall–Kier alpha value is -0.900. The fourth-order valence-corrected chi connectivity index (χ4v) is 5.37. The molecule has 0 atom stereocenters. The number of rotatable bonds is 4. The zero-order chi connectivity index (χ0) is 12.9. The maximum Gasteiger partial charge on any atom is 0.147 e. The summed E-state index contributed by atoms with van der Waals surface area (Å²) in [5, 5.41) is 12.0. The van der Waals surface area contributed by atoms with Gasteiger partial charge in [-0.2, -0.15) is 0 Å². The van der Waals surface area contributed by atoms with Crippen LogP contribution >= 0.6 is 0 Å². The van der Waals surface area contributed by atoms with Gasteiger partial charge in [0.25, 0.3) is 0 Å². The van der Waals surface area contributed by atoms with E-state index in [-0.39, 0.29) is 0 Å². The lowest BCUT2D eigenvalue weighted by Crippen LogP contribution is -2.52. The van der Waals surface area contributed by atoms with Crippen molar-refractivity contribution in [3.63, 3.8) is 0 Å². The summed E-state index contributed by atoms with van der Waals surface area (Å²) in [6.45, 7) is 4.00. The number of nitrogens with zero attached hydrogens (tertiary/aromatic N) is 3. The van der Waals surface area contributed by atoms with Crippen molar-refractivity contribution in [2.75, 3.05) is 6.54 Å². The molecule has 4 fully saturated rings. The zero-order valence-electron chi connectivity index (χ0n) is 11.8. The summed E-state index contributed by atoms with van der Waals surface area (Å²) in [7, 11) is 0. The van der Waals surface area contributed by atoms with Crippen molar-refractivity contribution in [3.05, 3.63) is 12.2 Å². The highest BCUT2D eigenvalue weighted by Gasteiger charge is 2.52. The zero-order valence-corrected chi connectivity index (χ0v) is 11.8. The first-order chi connectivity index (χ1) is 9.29. The number of hydrogen-bond acceptors (Lipinski definition) is 3. The Kier molecular flexibility index (Phi) is 2.69. The van der Waals surface area contributed by atoms with Crippen LogP contribution in [0.25, 0.3) is 0 Å². The Morgan fingerprint density at radius 2 is 1.84 bits per heavy atom. The van der Waals surface area contributed by atoms with Crippen molar-refractivity contribution in [2.24, 2.45) is 17.8 Å². The van der Waals surface area contributed by atoms with Crippen LogP contribution in [-0.4, -0.2) is 21.3 Å². The van der Waals surface area contributed by atoms with Crippen LogP contribution in [0, 0.1) is 17.8 Å². The molecular formula is C15H24N4. The van der Waals surface area contributed by atoms with E-state index in [1.165, 1.54) is 38.5 Å². The van der Waals surface area contributed by atoms with Crippen LogP contribution in [0.1, 0.15) is 51.3 Å². The third-order valence-electron chi connectivity index (χ3n) is 5.67. The molecule has 19 heavy (non-hydrogen) atoms. The minimum atomic E-state index is 0.364. The lowest BCUT2D eigenvalue weighted by molar-refractivity contribution is -0.0446. The predicted octanol–water partition coefficient (Wildman–Crippen LogP) is 2.31. The van der Waals surface area contributed by atoms with Gasteiger partial charge in [-0.3, -0.25) is 0 Å². The van der Waals surface area contributed by atoms with E-state index in [9.17, 15) is 0 Å². The molecule has 4 nitrogen and oxygen atoms in total. The summed E-state index contributed by atoms with van der Waals surface area (Å²) in [6, 6.07) is 0. The highest BCUT2D eigenvalue weighted by atomic mass is 15.3. The van der Waals surface area contributed by atoms with E-state index in [1.54, 1.807) is 0 Å². The molecule has 1 aromatic heterocycles.